The number of nitrogens with zero attached hydrogens (tertiary/aromatic N) is 5. The fraction of sp³-hybridized carbons (Fsp3) is 0.438. The highest BCUT2D eigenvalue weighted by atomic mass is 32.2. The van der Waals surface area contributed by atoms with Gasteiger partial charge in [0.1, 0.15) is 11.8 Å². The molecule has 3 aromatic heterocycles. The predicted molar refractivity (Wildman–Crippen MR) is 92.2 cm³/mol. The van der Waals surface area contributed by atoms with E-state index in [1.807, 2.05) is 12.1 Å². The Balaban J connectivity index is 1.49. The van der Waals surface area contributed by atoms with E-state index >= 15 is 0 Å². The van der Waals surface area contributed by atoms with E-state index in [4.69, 9.17) is 10.6 Å². The molecule has 0 unspecified atom stereocenters. The molecule has 7 nitrogen and oxygen atoms in total. The number of thioether (sulfide) groups is 1. The van der Waals surface area contributed by atoms with Crippen LogP contribution in [0.4, 0.5) is 0 Å². The lowest BCUT2D eigenvalue weighted by molar-refractivity contribution is 0.00780. The third kappa shape index (κ3) is 2.87. The minimum atomic E-state index is -0.0385. The van der Waals surface area contributed by atoms with Crippen molar-refractivity contribution in [1.82, 2.24) is 24.3 Å². The van der Waals surface area contributed by atoms with Gasteiger partial charge in [0.05, 0.1) is 5.69 Å². The maximum Gasteiger partial charge on any atom is 0.210 e. The predicted octanol–water partition coefficient (Wildman–Crippen LogP) is 2.48. The summed E-state index contributed by atoms with van der Waals surface area (Å²) in [6, 6.07) is 6.09. The molecule has 8 heteroatoms. The molecular weight excluding hydrogens is 324 g/mol. The first-order chi connectivity index (χ1) is 11.7. The van der Waals surface area contributed by atoms with Crippen LogP contribution in [0.3, 0.4) is 0 Å². The monoisotopic (exact) mass is 344 g/mol. The lowest BCUT2D eigenvalue weighted by Crippen LogP contribution is -2.21. The summed E-state index contributed by atoms with van der Waals surface area (Å²) >= 11 is 1.54. The molecule has 4 heterocycles. The van der Waals surface area contributed by atoms with Crippen LogP contribution < -0.4 is 5.84 Å². The molecule has 4 rings (SSSR count). The highest BCUT2D eigenvalue weighted by molar-refractivity contribution is 7.98. The molecule has 3 aromatic rings. The van der Waals surface area contributed by atoms with E-state index in [1.165, 1.54) is 11.8 Å². The fourth-order valence-corrected chi connectivity index (χ4v) is 3.70. The third-order valence-corrected chi connectivity index (χ3v) is 5.23. The number of pyridine rings is 1. The minimum absolute atomic E-state index is 0.0385. The number of nitrogen functional groups attached to an aromatic ring is 1. The zero-order valence-corrected chi connectivity index (χ0v) is 14.4. The summed E-state index contributed by atoms with van der Waals surface area (Å²) in [6.45, 7) is 2.83. The van der Waals surface area contributed by atoms with Gasteiger partial charge in [-0.15, -0.1) is 10.2 Å². The number of nitrogens with two attached hydrogens (primary N) is 1. The molecule has 1 aliphatic heterocycles. The summed E-state index contributed by atoms with van der Waals surface area (Å²) in [5, 5.41) is 9.13. The maximum atomic E-state index is 6.16. The minimum Gasteiger partial charge on any atom is -0.370 e. The average Bonchev–Trinajstić information content (AvgIpc) is 3.18. The molecule has 0 aromatic carbocycles. The Morgan fingerprint density at radius 2 is 2.25 bits per heavy atom. The van der Waals surface area contributed by atoms with Gasteiger partial charge >= 0.3 is 0 Å². The first-order valence-corrected chi connectivity index (χ1v) is 9.09. The van der Waals surface area contributed by atoms with Crippen LogP contribution in [0.25, 0.3) is 5.65 Å². The van der Waals surface area contributed by atoms with Gasteiger partial charge in [0, 0.05) is 24.3 Å². The first-order valence-electron chi connectivity index (χ1n) is 8.11. The van der Waals surface area contributed by atoms with Crippen LogP contribution in [0.1, 0.15) is 42.6 Å². The zero-order chi connectivity index (χ0) is 16.5. The Bertz CT molecular complexity index is 851. The topological polar surface area (TPSA) is 83.3 Å². The molecule has 1 aliphatic rings. The standard InChI is InChI=1S/C16H20N6OS/c1-11-5-4-7-14-18-12(9-21(11)14)10-24-16-20-19-15(22(16)17)13-6-2-3-8-23-13/h4-5,7,9,13H,2-3,6,8,10,17H2,1H3/t13-/m0/s1. The van der Waals surface area contributed by atoms with Gasteiger partial charge in [-0.25, -0.2) is 9.66 Å². The second kappa shape index (κ2) is 6.45. The quantitative estimate of drug-likeness (QED) is 0.578. The summed E-state index contributed by atoms with van der Waals surface area (Å²) in [7, 11) is 0. The molecule has 0 saturated carbocycles. The van der Waals surface area contributed by atoms with Gasteiger partial charge in [0.15, 0.2) is 5.82 Å². The zero-order valence-electron chi connectivity index (χ0n) is 13.6. The van der Waals surface area contributed by atoms with Gasteiger partial charge in [-0.05, 0) is 38.3 Å². The summed E-state index contributed by atoms with van der Waals surface area (Å²) in [5.74, 6) is 7.57. The number of rotatable bonds is 4. The molecule has 24 heavy (non-hydrogen) atoms. The van der Waals surface area contributed by atoms with Gasteiger partial charge in [-0.1, -0.05) is 17.8 Å². The Hall–Kier alpha value is -2.06. The summed E-state index contributed by atoms with van der Waals surface area (Å²) in [6.07, 6.45) is 5.21. The smallest absolute Gasteiger partial charge is 0.210 e. The second-order valence-electron chi connectivity index (χ2n) is 5.98. The molecule has 0 amide bonds. The number of aryl methyl sites for hydroxylation is 1. The van der Waals surface area contributed by atoms with Crippen LogP contribution in [0.5, 0.6) is 0 Å². The highest BCUT2D eigenvalue weighted by Gasteiger charge is 2.23. The van der Waals surface area contributed by atoms with Crippen molar-refractivity contribution in [2.45, 2.75) is 43.2 Å². The van der Waals surface area contributed by atoms with Crippen LogP contribution in [0, 0.1) is 6.92 Å². The Morgan fingerprint density at radius 1 is 1.33 bits per heavy atom. The largest absolute Gasteiger partial charge is 0.370 e. The van der Waals surface area contributed by atoms with Gasteiger partial charge in [-0.2, -0.15) is 0 Å². The van der Waals surface area contributed by atoms with Crippen LogP contribution >= 0.6 is 11.8 Å². The lowest BCUT2D eigenvalue weighted by atomic mass is 10.1. The van der Waals surface area contributed by atoms with Crippen molar-refractivity contribution in [2.24, 2.45) is 0 Å². The van der Waals surface area contributed by atoms with Gasteiger partial charge < -0.3 is 15.0 Å². The molecule has 126 valence electrons. The van der Waals surface area contributed by atoms with Crippen LogP contribution in [-0.4, -0.2) is 30.9 Å². The van der Waals surface area contributed by atoms with Crippen LogP contribution in [-0.2, 0) is 10.5 Å². The van der Waals surface area contributed by atoms with Gasteiger partial charge in [0.25, 0.3) is 0 Å². The van der Waals surface area contributed by atoms with Gasteiger partial charge in [0.2, 0.25) is 5.16 Å². The van der Waals surface area contributed by atoms with Crippen molar-refractivity contribution in [3.8, 4) is 0 Å². The van der Waals surface area contributed by atoms with Crippen molar-refractivity contribution in [1.29, 1.82) is 0 Å². The number of hydrogen-bond donors (Lipinski definition) is 1. The molecule has 0 radical (unpaired) electrons. The normalized spacial score (nSPS) is 18.3. The van der Waals surface area contributed by atoms with Crippen molar-refractivity contribution in [2.75, 3.05) is 12.4 Å². The number of hydrogen-bond acceptors (Lipinski definition) is 6. The number of ether oxygens (including phenoxy) is 1. The fourth-order valence-electron chi connectivity index (χ4n) is 2.96. The van der Waals surface area contributed by atoms with Crippen molar-refractivity contribution in [3.05, 3.63) is 41.6 Å². The van der Waals surface area contributed by atoms with E-state index in [-0.39, 0.29) is 6.10 Å². The second-order valence-corrected chi connectivity index (χ2v) is 6.92. The molecule has 1 atom stereocenters. The van der Waals surface area contributed by atoms with E-state index in [0.29, 0.717) is 16.7 Å². The van der Waals surface area contributed by atoms with E-state index < -0.39 is 0 Å². The van der Waals surface area contributed by atoms with E-state index in [1.54, 1.807) is 4.68 Å². The summed E-state index contributed by atoms with van der Waals surface area (Å²) in [5.41, 5.74) is 3.11. The molecule has 0 spiro atoms. The summed E-state index contributed by atoms with van der Waals surface area (Å²) < 4.78 is 9.39. The van der Waals surface area contributed by atoms with Crippen molar-refractivity contribution < 1.29 is 4.74 Å². The van der Waals surface area contributed by atoms with Crippen LogP contribution in [0.2, 0.25) is 0 Å². The highest BCUT2D eigenvalue weighted by Crippen LogP contribution is 2.28. The molecule has 0 aliphatic carbocycles. The van der Waals surface area contributed by atoms with Crippen LogP contribution in [0.15, 0.2) is 29.6 Å². The SMILES string of the molecule is Cc1cccc2nc(CSc3nnc([C@@H]4CCCCO4)n3N)cn12. The lowest BCUT2D eigenvalue weighted by Gasteiger charge is -2.21. The number of imidazole rings is 1. The molecule has 1 fully saturated rings. The molecule has 2 N–H and O–H groups in total. The molecule has 0 bridgehead atoms. The average molecular weight is 344 g/mol. The number of aromatic nitrogens is 5. The number of fused-ring (bicyclic) bond motifs is 1. The Labute approximate surface area is 144 Å². The Kier molecular flexibility index (Phi) is 4.15. The molecule has 1 saturated heterocycles. The van der Waals surface area contributed by atoms with Gasteiger partial charge in [-0.3, -0.25) is 0 Å². The van der Waals surface area contributed by atoms with Crippen molar-refractivity contribution >= 4 is 17.4 Å². The molecular formula is C16H20N6OS. The Morgan fingerprint density at radius 3 is 3.04 bits per heavy atom. The van der Waals surface area contributed by atoms with E-state index in [2.05, 4.69) is 38.8 Å². The third-order valence-electron chi connectivity index (χ3n) is 4.25. The van der Waals surface area contributed by atoms with Crippen molar-refractivity contribution in [3.63, 3.8) is 0 Å². The maximum absolute atomic E-state index is 6.16. The summed E-state index contributed by atoms with van der Waals surface area (Å²) in [4.78, 5) is 4.63. The van der Waals surface area contributed by atoms with E-state index in [9.17, 15) is 0 Å². The first kappa shape index (κ1) is 15.5. The van der Waals surface area contributed by atoms with E-state index in [0.717, 1.165) is 42.9 Å².